The molecule has 0 aromatic rings. The Bertz CT molecular complexity index is 352. The Morgan fingerprint density at radius 1 is 1.17 bits per heavy atom. The quantitative estimate of drug-likeness (QED) is 0.591. The highest BCUT2D eigenvalue weighted by Gasteiger charge is 2.54. The Labute approximate surface area is 117 Å². The van der Waals surface area contributed by atoms with Gasteiger partial charge in [0.2, 0.25) is 0 Å². The molecule has 1 aliphatic rings. The Balaban J connectivity index is 2.97. The molecule has 1 fully saturated rings. The first-order valence-corrected chi connectivity index (χ1v) is 7.00. The smallest absolute Gasteiger partial charge is 0.169 e. The molecule has 0 N–H and O–H groups in total. The molecule has 0 unspecified atom stereocenters. The zero-order valence-corrected chi connectivity index (χ0v) is 12.3. The highest BCUT2D eigenvalue weighted by atomic mass is 35.5. The topological polar surface area (TPSA) is 51.2 Å². The number of carbonyl (C=O) groups is 3. The number of hydrogen-bond donors (Lipinski definition) is 0. The van der Waals surface area contributed by atoms with Crippen molar-refractivity contribution in [1.29, 1.82) is 0 Å². The Hall–Kier alpha value is -0.410. The second-order valence-corrected chi connectivity index (χ2v) is 6.23. The normalized spacial score (nSPS) is 31.5. The molecule has 1 rings (SSSR count). The van der Waals surface area contributed by atoms with E-state index in [0.29, 0.717) is 6.42 Å². The van der Waals surface area contributed by atoms with E-state index in [4.69, 9.17) is 23.2 Å². The maximum atomic E-state index is 12.1. The maximum absolute atomic E-state index is 12.1. The minimum Gasteiger partial charge on any atom is -0.298 e. The summed E-state index contributed by atoms with van der Waals surface area (Å²) < 4.78 is 0. The third-order valence-electron chi connectivity index (χ3n) is 3.47. The van der Waals surface area contributed by atoms with E-state index in [0.717, 1.165) is 6.42 Å². The second kappa shape index (κ2) is 5.70. The molecule has 5 heteroatoms. The molecule has 0 amide bonds. The number of hydrogen-bond acceptors (Lipinski definition) is 3. The van der Waals surface area contributed by atoms with E-state index in [2.05, 4.69) is 0 Å². The fourth-order valence-corrected chi connectivity index (χ4v) is 2.68. The predicted octanol–water partition coefficient (Wildman–Crippen LogP) is 2.75. The molecule has 102 valence electrons. The summed E-state index contributed by atoms with van der Waals surface area (Å²) in [5.41, 5.74) is -0.821. The number of halogens is 2. The predicted molar refractivity (Wildman–Crippen MR) is 71.1 cm³/mol. The summed E-state index contributed by atoms with van der Waals surface area (Å²) in [7, 11) is 0. The third kappa shape index (κ3) is 2.62. The average Bonchev–Trinajstić information content (AvgIpc) is 2.32. The van der Waals surface area contributed by atoms with Crippen LogP contribution >= 0.6 is 23.2 Å². The van der Waals surface area contributed by atoms with E-state index in [-0.39, 0.29) is 12.2 Å². The van der Waals surface area contributed by atoms with Crippen LogP contribution in [0.3, 0.4) is 0 Å². The molecule has 0 aromatic heterocycles. The van der Waals surface area contributed by atoms with Gasteiger partial charge >= 0.3 is 0 Å². The van der Waals surface area contributed by atoms with Crippen LogP contribution in [-0.2, 0) is 14.4 Å². The number of ketones is 3. The molecule has 18 heavy (non-hydrogen) atoms. The molecular formula is C13H18Cl2O3. The minimum atomic E-state index is -1.26. The first-order chi connectivity index (χ1) is 8.25. The molecule has 0 spiro atoms. The highest BCUT2D eigenvalue weighted by molar-refractivity contribution is 6.44. The third-order valence-corrected chi connectivity index (χ3v) is 5.03. The largest absolute Gasteiger partial charge is 0.298 e. The first kappa shape index (κ1) is 15.6. The van der Waals surface area contributed by atoms with E-state index in [9.17, 15) is 14.4 Å². The van der Waals surface area contributed by atoms with Crippen molar-refractivity contribution in [3.8, 4) is 0 Å². The number of Topliss-reactive ketones (excluding diaryl/α,β-unsaturated/α-hetero) is 3. The monoisotopic (exact) mass is 292 g/mol. The van der Waals surface area contributed by atoms with E-state index in [1.165, 1.54) is 0 Å². The van der Waals surface area contributed by atoms with Crippen LogP contribution in [0.5, 0.6) is 0 Å². The van der Waals surface area contributed by atoms with E-state index < -0.39 is 33.7 Å². The Morgan fingerprint density at radius 3 is 2.00 bits per heavy atom. The van der Waals surface area contributed by atoms with Crippen LogP contribution in [0.25, 0.3) is 0 Å². The molecule has 0 saturated heterocycles. The van der Waals surface area contributed by atoms with Gasteiger partial charge in [-0.15, -0.1) is 23.2 Å². The second-order valence-electron chi connectivity index (χ2n) is 5.35. The standard InChI is InChI=1S/C13H18Cl2O3/c1-4-5-6-7(16)8-9(17)11(14)13(2,3)12(15)10(8)18/h8,11-12H,4-6H2,1-3H3/t11-,12-/m1/s1. The lowest BCUT2D eigenvalue weighted by Gasteiger charge is -2.39. The summed E-state index contributed by atoms with van der Waals surface area (Å²) in [5.74, 6) is -2.59. The zero-order chi connectivity index (χ0) is 14.1. The number of alkyl halides is 2. The van der Waals surface area contributed by atoms with Crippen LogP contribution in [0.1, 0.15) is 40.0 Å². The maximum Gasteiger partial charge on any atom is 0.169 e. The molecule has 0 aromatic carbocycles. The van der Waals surface area contributed by atoms with Crippen molar-refractivity contribution in [3.05, 3.63) is 0 Å². The van der Waals surface area contributed by atoms with E-state index in [1.807, 2.05) is 6.92 Å². The molecule has 0 bridgehead atoms. The summed E-state index contributed by atoms with van der Waals surface area (Å²) in [6.45, 7) is 5.28. The lowest BCUT2D eigenvalue weighted by molar-refractivity contribution is -0.144. The van der Waals surface area contributed by atoms with E-state index in [1.54, 1.807) is 13.8 Å². The fourth-order valence-electron chi connectivity index (χ4n) is 2.11. The summed E-state index contributed by atoms with van der Waals surface area (Å²) in [4.78, 5) is 36.1. The van der Waals surface area contributed by atoms with Crippen molar-refractivity contribution < 1.29 is 14.4 Å². The summed E-state index contributed by atoms with van der Waals surface area (Å²) in [5, 5.41) is -1.79. The summed E-state index contributed by atoms with van der Waals surface area (Å²) in [6, 6.07) is 0. The van der Waals surface area contributed by atoms with E-state index >= 15 is 0 Å². The van der Waals surface area contributed by atoms with Crippen molar-refractivity contribution in [3.63, 3.8) is 0 Å². The molecule has 0 heterocycles. The fraction of sp³-hybridized carbons (Fsp3) is 0.769. The molecule has 1 aliphatic carbocycles. The van der Waals surface area contributed by atoms with Gasteiger partial charge in [0.05, 0.1) is 0 Å². The van der Waals surface area contributed by atoms with Crippen molar-refractivity contribution in [2.45, 2.75) is 50.8 Å². The molecule has 0 radical (unpaired) electrons. The summed E-state index contributed by atoms with van der Waals surface area (Å²) >= 11 is 12.1. The molecule has 3 nitrogen and oxygen atoms in total. The van der Waals surface area contributed by atoms with Gasteiger partial charge < -0.3 is 0 Å². The Kier molecular flexibility index (Phi) is 4.96. The van der Waals surface area contributed by atoms with Gasteiger partial charge in [-0.3, -0.25) is 14.4 Å². The zero-order valence-electron chi connectivity index (χ0n) is 10.8. The van der Waals surface area contributed by atoms with Gasteiger partial charge in [-0.25, -0.2) is 0 Å². The van der Waals surface area contributed by atoms with Gasteiger partial charge in [-0.2, -0.15) is 0 Å². The van der Waals surface area contributed by atoms with Gasteiger partial charge in [0.15, 0.2) is 17.3 Å². The van der Waals surface area contributed by atoms with Crippen molar-refractivity contribution in [2.75, 3.05) is 0 Å². The number of carbonyl (C=O) groups excluding carboxylic acids is 3. The molecule has 1 saturated carbocycles. The molecular weight excluding hydrogens is 275 g/mol. The van der Waals surface area contributed by atoms with Crippen molar-refractivity contribution in [1.82, 2.24) is 0 Å². The van der Waals surface area contributed by atoms with Gasteiger partial charge in [0, 0.05) is 11.8 Å². The SMILES string of the molecule is CCCCC(=O)C1C(=O)[C@@H](Cl)C(C)(C)[C@H](Cl)C1=O. The first-order valence-electron chi connectivity index (χ1n) is 6.13. The van der Waals surface area contributed by atoms with Crippen LogP contribution in [0.4, 0.5) is 0 Å². The Morgan fingerprint density at radius 2 is 1.61 bits per heavy atom. The lowest BCUT2D eigenvalue weighted by atomic mass is 9.69. The van der Waals surface area contributed by atoms with Crippen LogP contribution in [0.2, 0.25) is 0 Å². The summed E-state index contributed by atoms with van der Waals surface area (Å²) in [6.07, 6.45) is 1.73. The molecule has 0 aliphatic heterocycles. The lowest BCUT2D eigenvalue weighted by Crippen LogP contribution is -2.56. The van der Waals surface area contributed by atoms with Gasteiger partial charge in [0.1, 0.15) is 16.7 Å². The average molecular weight is 293 g/mol. The molecule has 2 atom stereocenters. The highest BCUT2D eigenvalue weighted by Crippen LogP contribution is 2.41. The number of rotatable bonds is 4. The van der Waals surface area contributed by atoms with Gasteiger partial charge in [-0.05, 0) is 6.42 Å². The van der Waals surface area contributed by atoms with Crippen LogP contribution in [0.15, 0.2) is 0 Å². The minimum absolute atomic E-state index is 0.228. The van der Waals surface area contributed by atoms with Crippen LogP contribution in [-0.4, -0.2) is 28.1 Å². The van der Waals surface area contributed by atoms with Crippen molar-refractivity contribution >= 4 is 40.6 Å². The van der Waals surface area contributed by atoms with Gasteiger partial charge in [0.25, 0.3) is 0 Å². The van der Waals surface area contributed by atoms with Gasteiger partial charge in [-0.1, -0.05) is 27.2 Å². The number of unbranched alkanes of at least 4 members (excludes halogenated alkanes) is 1. The van der Waals surface area contributed by atoms with Crippen LogP contribution in [0, 0.1) is 11.3 Å². The van der Waals surface area contributed by atoms with Crippen molar-refractivity contribution in [2.24, 2.45) is 11.3 Å². The van der Waals surface area contributed by atoms with Crippen LogP contribution < -0.4 is 0 Å².